The summed E-state index contributed by atoms with van der Waals surface area (Å²) >= 11 is 10.3. The van der Waals surface area contributed by atoms with Crippen LogP contribution < -0.4 is 0 Å². The Morgan fingerprint density at radius 3 is 1.80 bits per heavy atom. The van der Waals surface area contributed by atoms with E-state index < -0.39 is 16.9 Å². The Bertz CT molecular complexity index is 99.6. The molecule has 0 nitrogen and oxygen atoms in total. The molecule has 0 rings (SSSR count). The van der Waals surface area contributed by atoms with E-state index in [2.05, 4.69) is 0 Å². The molecule has 0 heterocycles. The molecule has 0 radical (unpaired) electrons. The van der Waals surface area contributed by atoms with Crippen LogP contribution in [0.15, 0.2) is 0 Å². The standard InChI is InChI=1S/C5H7Cl2F3/c1-3(2-4(6)7)5(8,9)10/h3-4H,2H2,1H3. The van der Waals surface area contributed by atoms with Crippen LogP contribution in [0, 0.1) is 5.92 Å². The summed E-state index contributed by atoms with van der Waals surface area (Å²) in [5.74, 6) is -1.42. The molecule has 1 unspecified atom stereocenters. The lowest BCUT2D eigenvalue weighted by atomic mass is 10.1. The molecule has 0 amide bonds. The molecule has 0 fully saturated rings. The molecular formula is C5H7Cl2F3. The molecule has 0 saturated heterocycles. The van der Waals surface area contributed by atoms with Crippen LogP contribution in [0.25, 0.3) is 0 Å². The SMILES string of the molecule is CC(CC(Cl)Cl)C(F)(F)F. The van der Waals surface area contributed by atoms with Crippen molar-refractivity contribution in [2.45, 2.75) is 24.4 Å². The van der Waals surface area contributed by atoms with Crippen LogP contribution in [0.4, 0.5) is 13.2 Å². The van der Waals surface area contributed by atoms with Crippen molar-refractivity contribution in [2.75, 3.05) is 0 Å². The third kappa shape index (κ3) is 4.23. The van der Waals surface area contributed by atoms with Gasteiger partial charge in [0.2, 0.25) is 0 Å². The summed E-state index contributed by atoms with van der Waals surface area (Å²) in [4.78, 5) is -0.934. The first-order valence-electron chi connectivity index (χ1n) is 2.69. The Balaban J connectivity index is 3.73. The van der Waals surface area contributed by atoms with Crippen LogP contribution >= 0.6 is 23.2 Å². The van der Waals surface area contributed by atoms with Crippen molar-refractivity contribution in [3.05, 3.63) is 0 Å². The quantitative estimate of drug-likeness (QED) is 0.592. The molecule has 0 aliphatic rings. The van der Waals surface area contributed by atoms with Gasteiger partial charge in [0.05, 0.1) is 5.92 Å². The zero-order valence-corrected chi connectivity index (χ0v) is 6.76. The summed E-state index contributed by atoms with van der Waals surface area (Å²) in [7, 11) is 0. The fourth-order valence-corrected chi connectivity index (χ4v) is 0.935. The molecule has 0 aliphatic carbocycles. The number of rotatable bonds is 2. The maximum atomic E-state index is 11.7. The van der Waals surface area contributed by atoms with Crippen LogP contribution in [-0.2, 0) is 0 Å². The van der Waals surface area contributed by atoms with Crippen LogP contribution in [0.1, 0.15) is 13.3 Å². The number of hydrogen-bond donors (Lipinski definition) is 0. The van der Waals surface area contributed by atoms with Gasteiger partial charge in [-0.1, -0.05) is 6.92 Å². The second kappa shape index (κ2) is 3.67. The normalized spacial score (nSPS) is 15.9. The van der Waals surface area contributed by atoms with Crippen molar-refractivity contribution < 1.29 is 13.2 Å². The van der Waals surface area contributed by atoms with Gasteiger partial charge in [0, 0.05) is 0 Å². The first kappa shape index (κ1) is 10.4. The second-order valence-corrected chi connectivity index (χ2v) is 3.35. The van der Waals surface area contributed by atoms with Crippen LogP contribution in [-0.4, -0.2) is 11.0 Å². The summed E-state index contributed by atoms with van der Waals surface area (Å²) in [6, 6.07) is 0. The van der Waals surface area contributed by atoms with Gasteiger partial charge in [-0.2, -0.15) is 13.2 Å². The predicted molar refractivity (Wildman–Crippen MR) is 35.3 cm³/mol. The van der Waals surface area contributed by atoms with Crippen molar-refractivity contribution in [1.29, 1.82) is 0 Å². The third-order valence-corrected chi connectivity index (χ3v) is 1.45. The molecule has 0 saturated carbocycles. The van der Waals surface area contributed by atoms with Crippen molar-refractivity contribution >= 4 is 23.2 Å². The highest BCUT2D eigenvalue weighted by molar-refractivity contribution is 6.44. The largest absolute Gasteiger partial charge is 0.391 e. The van der Waals surface area contributed by atoms with E-state index in [9.17, 15) is 13.2 Å². The molecule has 0 aromatic carbocycles. The summed E-state index contributed by atoms with van der Waals surface area (Å²) in [5, 5.41) is 0. The van der Waals surface area contributed by atoms with Crippen LogP contribution in [0.2, 0.25) is 0 Å². The predicted octanol–water partition coefficient (Wildman–Crippen LogP) is 3.38. The van der Waals surface area contributed by atoms with Crippen LogP contribution in [0.3, 0.4) is 0 Å². The Morgan fingerprint density at radius 2 is 1.70 bits per heavy atom. The van der Waals surface area contributed by atoms with E-state index in [1.165, 1.54) is 0 Å². The van der Waals surface area contributed by atoms with Crippen molar-refractivity contribution in [1.82, 2.24) is 0 Å². The molecule has 10 heavy (non-hydrogen) atoms. The average molecular weight is 195 g/mol. The minimum absolute atomic E-state index is 0.243. The molecule has 5 heteroatoms. The summed E-state index contributed by atoms with van der Waals surface area (Å²) < 4.78 is 35.1. The van der Waals surface area contributed by atoms with E-state index in [1.807, 2.05) is 0 Å². The Morgan fingerprint density at radius 1 is 1.30 bits per heavy atom. The lowest BCUT2D eigenvalue weighted by molar-refractivity contribution is -0.170. The highest BCUT2D eigenvalue weighted by atomic mass is 35.5. The number of hydrogen-bond acceptors (Lipinski definition) is 0. The van der Waals surface area contributed by atoms with E-state index in [-0.39, 0.29) is 6.42 Å². The van der Waals surface area contributed by atoms with Gasteiger partial charge in [-0.25, -0.2) is 0 Å². The Kier molecular flexibility index (Phi) is 3.81. The highest BCUT2D eigenvalue weighted by Crippen LogP contribution is 2.30. The molecule has 0 aromatic rings. The number of alkyl halides is 5. The monoisotopic (exact) mass is 194 g/mol. The van der Waals surface area contributed by atoms with E-state index >= 15 is 0 Å². The lowest BCUT2D eigenvalue weighted by Gasteiger charge is -2.14. The minimum atomic E-state index is -4.18. The molecular weight excluding hydrogens is 188 g/mol. The first-order valence-corrected chi connectivity index (χ1v) is 3.56. The molecule has 0 N–H and O–H groups in total. The molecule has 0 spiro atoms. The Hall–Kier alpha value is 0.370. The van der Waals surface area contributed by atoms with E-state index in [1.54, 1.807) is 0 Å². The molecule has 0 aliphatic heterocycles. The molecule has 0 aromatic heterocycles. The van der Waals surface area contributed by atoms with E-state index in [0.29, 0.717) is 0 Å². The number of halogens is 5. The van der Waals surface area contributed by atoms with Gasteiger partial charge >= 0.3 is 6.18 Å². The topological polar surface area (TPSA) is 0 Å². The van der Waals surface area contributed by atoms with Gasteiger partial charge in [0.15, 0.2) is 0 Å². The lowest BCUT2D eigenvalue weighted by Crippen LogP contribution is -2.21. The van der Waals surface area contributed by atoms with Crippen molar-refractivity contribution in [2.24, 2.45) is 5.92 Å². The van der Waals surface area contributed by atoms with E-state index in [4.69, 9.17) is 23.2 Å². The Labute approximate surface area is 67.3 Å². The maximum Gasteiger partial charge on any atom is 0.391 e. The minimum Gasteiger partial charge on any atom is -0.171 e. The summed E-state index contributed by atoms with van der Waals surface area (Å²) in [5.41, 5.74) is 0. The van der Waals surface area contributed by atoms with Crippen molar-refractivity contribution in [3.63, 3.8) is 0 Å². The zero-order chi connectivity index (χ0) is 8.36. The molecule has 1 atom stereocenters. The summed E-state index contributed by atoms with van der Waals surface area (Å²) in [6.07, 6.45) is -4.42. The van der Waals surface area contributed by atoms with Gasteiger partial charge in [-0.15, -0.1) is 23.2 Å². The molecule has 62 valence electrons. The third-order valence-electron chi connectivity index (χ3n) is 1.09. The fourth-order valence-electron chi connectivity index (χ4n) is 0.401. The van der Waals surface area contributed by atoms with Crippen LogP contribution in [0.5, 0.6) is 0 Å². The second-order valence-electron chi connectivity index (χ2n) is 2.07. The highest BCUT2D eigenvalue weighted by Gasteiger charge is 2.36. The van der Waals surface area contributed by atoms with Gasteiger partial charge in [0.1, 0.15) is 4.84 Å². The van der Waals surface area contributed by atoms with Crippen molar-refractivity contribution in [3.8, 4) is 0 Å². The smallest absolute Gasteiger partial charge is 0.171 e. The zero-order valence-electron chi connectivity index (χ0n) is 5.25. The van der Waals surface area contributed by atoms with Gasteiger partial charge in [0.25, 0.3) is 0 Å². The first-order chi connectivity index (χ1) is 4.34. The van der Waals surface area contributed by atoms with E-state index in [0.717, 1.165) is 6.92 Å². The average Bonchev–Trinajstić information content (AvgIpc) is 1.60. The van der Waals surface area contributed by atoms with Gasteiger partial charge in [-0.3, -0.25) is 0 Å². The summed E-state index contributed by atoms with van der Waals surface area (Å²) in [6.45, 7) is 1.05. The molecule has 0 bridgehead atoms. The maximum absolute atomic E-state index is 11.7. The fraction of sp³-hybridized carbons (Fsp3) is 1.00. The van der Waals surface area contributed by atoms with Gasteiger partial charge < -0.3 is 0 Å². The van der Waals surface area contributed by atoms with Gasteiger partial charge in [-0.05, 0) is 6.42 Å².